The van der Waals surface area contributed by atoms with Crippen LogP contribution in [0.2, 0.25) is 0 Å². The highest BCUT2D eigenvalue weighted by molar-refractivity contribution is 8.18. The summed E-state index contributed by atoms with van der Waals surface area (Å²) in [6.07, 6.45) is 2.45. The molecular weight excluding hydrogens is 514 g/mol. The van der Waals surface area contributed by atoms with E-state index < -0.39 is 17.1 Å². The molecule has 2 aromatic carbocycles. The van der Waals surface area contributed by atoms with E-state index in [0.717, 1.165) is 56.8 Å². The summed E-state index contributed by atoms with van der Waals surface area (Å²) in [4.78, 5) is 54.2. The van der Waals surface area contributed by atoms with Crippen LogP contribution in [0.15, 0.2) is 53.4 Å². The predicted molar refractivity (Wildman–Crippen MR) is 150 cm³/mol. The van der Waals surface area contributed by atoms with E-state index in [1.165, 1.54) is 12.7 Å². The number of nitrogens with zero attached hydrogens (tertiary/aromatic N) is 3. The number of fused-ring (bicyclic) bond motifs is 1. The van der Waals surface area contributed by atoms with Gasteiger partial charge >= 0.3 is 5.97 Å². The Balaban J connectivity index is 1.36. The smallest absolute Gasteiger partial charge is 0.338 e. The van der Waals surface area contributed by atoms with Crippen LogP contribution in [0.25, 0.3) is 11.8 Å². The maximum absolute atomic E-state index is 13.2. The quantitative estimate of drug-likeness (QED) is 0.339. The van der Waals surface area contributed by atoms with Crippen LogP contribution in [-0.4, -0.2) is 57.6 Å². The summed E-state index contributed by atoms with van der Waals surface area (Å²) in [6, 6.07) is 15.4. The number of methoxy groups -OCH3 is 1. The third-order valence-electron chi connectivity index (χ3n) is 7.36. The zero-order valence-corrected chi connectivity index (χ0v) is 23.1. The molecular formula is C30H29N3O5S. The lowest BCUT2D eigenvalue weighted by molar-refractivity contribution is -0.136. The maximum atomic E-state index is 13.2. The first kappa shape index (κ1) is 26.5. The van der Waals surface area contributed by atoms with Gasteiger partial charge in [0.2, 0.25) is 5.91 Å². The Morgan fingerprint density at radius 3 is 2.51 bits per heavy atom. The van der Waals surface area contributed by atoms with Gasteiger partial charge in [0.15, 0.2) is 0 Å². The Morgan fingerprint density at radius 1 is 1.03 bits per heavy atom. The number of carbonyl (C=O) groups is 4. The number of imide groups is 1. The van der Waals surface area contributed by atoms with Gasteiger partial charge in [-0.3, -0.25) is 19.3 Å². The molecule has 5 rings (SSSR count). The van der Waals surface area contributed by atoms with E-state index in [4.69, 9.17) is 4.74 Å². The molecule has 3 amide bonds. The van der Waals surface area contributed by atoms with Gasteiger partial charge in [0.05, 0.1) is 17.6 Å². The molecule has 0 radical (unpaired) electrons. The molecule has 0 N–H and O–H groups in total. The molecule has 0 aliphatic carbocycles. The van der Waals surface area contributed by atoms with Gasteiger partial charge in [0.25, 0.3) is 11.1 Å². The van der Waals surface area contributed by atoms with Gasteiger partial charge in [-0.25, -0.2) is 4.79 Å². The SMILES string of the molecule is COC(=O)c1cccc(-n2c(C)cc(/C=C3\SC(=O)N(CC(=O)N4CCc5ccccc5C4)C3=O)c2C)c1C. The van der Waals surface area contributed by atoms with Crippen LogP contribution in [0.1, 0.15) is 44.0 Å². The van der Waals surface area contributed by atoms with Crippen molar-refractivity contribution in [1.82, 2.24) is 14.4 Å². The van der Waals surface area contributed by atoms with Crippen molar-refractivity contribution in [2.24, 2.45) is 0 Å². The number of amides is 3. The molecule has 0 atom stereocenters. The number of aryl methyl sites for hydroxylation is 1. The molecule has 3 aromatic rings. The van der Waals surface area contributed by atoms with E-state index >= 15 is 0 Å². The molecule has 1 aromatic heterocycles. The van der Waals surface area contributed by atoms with Gasteiger partial charge in [-0.15, -0.1) is 0 Å². The van der Waals surface area contributed by atoms with Gasteiger partial charge in [-0.2, -0.15) is 0 Å². The minimum atomic E-state index is -0.468. The molecule has 0 unspecified atom stereocenters. The minimum absolute atomic E-state index is 0.243. The van der Waals surface area contributed by atoms with E-state index in [0.29, 0.717) is 18.7 Å². The topological polar surface area (TPSA) is 88.9 Å². The van der Waals surface area contributed by atoms with Gasteiger partial charge in [-0.1, -0.05) is 30.3 Å². The van der Waals surface area contributed by atoms with Crippen molar-refractivity contribution in [1.29, 1.82) is 0 Å². The molecule has 2 aliphatic rings. The molecule has 0 spiro atoms. The number of carbonyl (C=O) groups excluding carboxylic acids is 4. The second-order valence-corrected chi connectivity index (χ2v) is 10.7. The average molecular weight is 544 g/mol. The van der Waals surface area contributed by atoms with Crippen molar-refractivity contribution < 1.29 is 23.9 Å². The highest BCUT2D eigenvalue weighted by atomic mass is 32.2. The highest BCUT2D eigenvalue weighted by Gasteiger charge is 2.37. The third kappa shape index (κ3) is 4.90. The van der Waals surface area contributed by atoms with Crippen LogP contribution >= 0.6 is 11.8 Å². The lowest BCUT2D eigenvalue weighted by atomic mass is 10.00. The van der Waals surface area contributed by atoms with Gasteiger partial charge in [-0.05, 0) is 85.5 Å². The van der Waals surface area contributed by atoms with Gasteiger partial charge in [0.1, 0.15) is 6.54 Å². The van der Waals surface area contributed by atoms with E-state index in [2.05, 4.69) is 6.07 Å². The molecule has 1 fully saturated rings. The Hall–Kier alpha value is -4.11. The van der Waals surface area contributed by atoms with Crippen molar-refractivity contribution in [2.45, 2.75) is 33.7 Å². The number of rotatable bonds is 5. The summed E-state index contributed by atoms with van der Waals surface area (Å²) in [5.41, 5.74) is 6.93. The maximum Gasteiger partial charge on any atom is 0.338 e. The van der Waals surface area contributed by atoms with E-state index in [9.17, 15) is 19.2 Å². The first-order valence-corrected chi connectivity index (χ1v) is 13.5. The lowest BCUT2D eigenvalue weighted by Crippen LogP contribution is -2.44. The summed E-state index contributed by atoms with van der Waals surface area (Å²) in [7, 11) is 1.35. The Bertz CT molecular complexity index is 1550. The number of hydrogen-bond donors (Lipinski definition) is 0. The van der Waals surface area contributed by atoms with Crippen LogP contribution in [0.5, 0.6) is 0 Å². The fraction of sp³-hybridized carbons (Fsp3) is 0.267. The van der Waals surface area contributed by atoms with Gasteiger partial charge < -0.3 is 14.2 Å². The normalized spacial score (nSPS) is 16.2. The fourth-order valence-corrected chi connectivity index (χ4v) is 6.05. The molecule has 8 nitrogen and oxygen atoms in total. The van der Waals surface area contributed by atoms with Crippen LogP contribution in [0, 0.1) is 20.8 Å². The molecule has 3 heterocycles. The van der Waals surface area contributed by atoms with Crippen LogP contribution in [-0.2, 0) is 27.3 Å². The van der Waals surface area contributed by atoms with Crippen molar-refractivity contribution >= 4 is 40.9 Å². The summed E-state index contributed by atoms with van der Waals surface area (Å²) in [5, 5.41) is -0.451. The molecule has 0 bridgehead atoms. The molecule has 0 saturated carbocycles. The monoisotopic (exact) mass is 543 g/mol. The average Bonchev–Trinajstić information content (AvgIpc) is 3.36. The molecule has 2 aliphatic heterocycles. The first-order chi connectivity index (χ1) is 18.7. The number of thioether (sulfide) groups is 1. The first-order valence-electron chi connectivity index (χ1n) is 12.7. The highest BCUT2D eigenvalue weighted by Crippen LogP contribution is 2.34. The Kier molecular flexibility index (Phi) is 7.18. The molecule has 1 saturated heterocycles. The summed E-state index contributed by atoms with van der Waals surface area (Å²) < 4.78 is 6.92. The standard InChI is InChI=1S/C30H29N3O5S/c1-18-14-23(20(3)33(18)25-11-7-10-24(19(25)2)29(36)38-4)15-26-28(35)32(30(37)39-26)17-27(34)31-13-12-21-8-5-6-9-22(21)16-31/h5-11,14-15H,12-13,16-17H2,1-4H3/b26-15-. The van der Waals surface area contributed by atoms with Crippen molar-refractivity contribution in [3.8, 4) is 5.69 Å². The summed E-state index contributed by atoms with van der Waals surface area (Å²) in [6.45, 7) is 6.49. The number of aromatic nitrogens is 1. The number of esters is 1. The lowest BCUT2D eigenvalue weighted by Gasteiger charge is -2.29. The second kappa shape index (κ2) is 10.6. The van der Waals surface area contributed by atoms with E-state index in [-0.39, 0.29) is 17.4 Å². The number of benzene rings is 2. The Labute approximate surface area is 231 Å². The van der Waals surface area contributed by atoms with Crippen LogP contribution in [0.4, 0.5) is 4.79 Å². The molecule has 9 heteroatoms. The molecule has 39 heavy (non-hydrogen) atoms. The van der Waals surface area contributed by atoms with Crippen molar-refractivity contribution in [3.05, 3.63) is 92.6 Å². The zero-order valence-electron chi connectivity index (χ0n) is 22.3. The summed E-state index contributed by atoms with van der Waals surface area (Å²) >= 11 is 0.843. The second-order valence-electron chi connectivity index (χ2n) is 9.71. The van der Waals surface area contributed by atoms with Crippen molar-refractivity contribution in [3.63, 3.8) is 0 Å². The van der Waals surface area contributed by atoms with E-state index in [1.807, 2.05) is 55.7 Å². The third-order valence-corrected chi connectivity index (χ3v) is 8.27. The predicted octanol–water partition coefficient (Wildman–Crippen LogP) is 4.81. The van der Waals surface area contributed by atoms with Gasteiger partial charge in [0, 0.05) is 30.2 Å². The van der Waals surface area contributed by atoms with E-state index in [1.54, 1.807) is 23.1 Å². The molecule has 200 valence electrons. The minimum Gasteiger partial charge on any atom is -0.465 e. The zero-order chi connectivity index (χ0) is 27.8. The van der Waals surface area contributed by atoms with Crippen LogP contribution < -0.4 is 0 Å². The fourth-order valence-electron chi connectivity index (χ4n) is 5.22. The Morgan fingerprint density at radius 2 is 1.77 bits per heavy atom. The van der Waals surface area contributed by atoms with Crippen molar-refractivity contribution in [2.75, 3.05) is 20.2 Å². The van der Waals surface area contributed by atoms with Crippen LogP contribution in [0.3, 0.4) is 0 Å². The number of ether oxygens (including phenoxy) is 1. The summed E-state index contributed by atoms with van der Waals surface area (Å²) in [5.74, 6) is -1.12. The largest absolute Gasteiger partial charge is 0.465 e. The number of hydrogen-bond acceptors (Lipinski definition) is 6.